The molecule has 0 radical (unpaired) electrons. The minimum Gasteiger partial charge on any atom is -0.795 e. The molecule has 0 fully saturated rings. The zero-order valence-electron chi connectivity index (χ0n) is 26.3. The van der Waals surface area contributed by atoms with Gasteiger partial charge in [0.15, 0.2) is 24.5 Å². The smallest absolute Gasteiger partial charge is 0.795 e. The van der Waals surface area contributed by atoms with Crippen molar-refractivity contribution in [3.63, 3.8) is 0 Å². The van der Waals surface area contributed by atoms with Gasteiger partial charge in [0.2, 0.25) is 0 Å². The second kappa shape index (κ2) is 19.1. The fraction of sp³-hybridized carbons (Fsp3) is 1.00. The van der Waals surface area contributed by atoms with Crippen molar-refractivity contribution in [2.24, 2.45) is 0 Å². The SMILES string of the molecule is CCCO[Si](OC)(OC(C)(C)CCO[SiH](C)C)P(=O)([O-])[Si](OC)(OCCC)OC(C)(C)CCO[SiH](C)C.[Na+]. The van der Waals surface area contributed by atoms with Crippen molar-refractivity contribution in [3.05, 3.63) is 0 Å². The van der Waals surface area contributed by atoms with E-state index < -0.39 is 52.7 Å². The van der Waals surface area contributed by atoms with Gasteiger partial charge in [-0.25, -0.2) is 0 Å². The maximum Gasteiger partial charge on any atom is 1.00 e. The summed E-state index contributed by atoms with van der Waals surface area (Å²) < 4.78 is 62.6. The molecular weight excluding hydrogens is 591 g/mol. The van der Waals surface area contributed by atoms with Crippen LogP contribution in [0.4, 0.5) is 0 Å². The van der Waals surface area contributed by atoms with E-state index in [4.69, 9.17) is 35.4 Å². The van der Waals surface area contributed by atoms with E-state index in [0.29, 0.717) is 38.9 Å². The van der Waals surface area contributed by atoms with E-state index in [0.717, 1.165) is 0 Å². The van der Waals surface area contributed by atoms with Crippen molar-refractivity contribution in [2.45, 2.75) is 105 Å². The van der Waals surface area contributed by atoms with Gasteiger partial charge in [0.05, 0.1) is 11.2 Å². The molecule has 38 heavy (non-hydrogen) atoms. The second-order valence-electron chi connectivity index (χ2n) is 10.8. The van der Waals surface area contributed by atoms with E-state index in [9.17, 15) is 9.46 Å². The van der Waals surface area contributed by atoms with Crippen LogP contribution in [-0.4, -0.2) is 86.9 Å². The Hall–Kier alpha value is 1.74. The molecule has 0 saturated carbocycles. The van der Waals surface area contributed by atoms with Gasteiger partial charge in [-0.1, -0.05) is 13.8 Å². The predicted octanol–water partition coefficient (Wildman–Crippen LogP) is 1.02. The van der Waals surface area contributed by atoms with Crippen LogP contribution >= 0.6 is 6.46 Å². The first-order chi connectivity index (χ1) is 17.0. The maximum atomic E-state index is 14.6. The minimum atomic E-state index is -4.90. The van der Waals surface area contributed by atoms with Crippen LogP contribution in [0.1, 0.15) is 67.2 Å². The largest absolute Gasteiger partial charge is 1.00 e. The first kappa shape index (κ1) is 41.9. The van der Waals surface area contributed by atoms with Gasteiger partial charge in [-0.05, 0) is 79.6 Å². The Morgan fingerprint density at radius 3 is 1.26 bits per heavy atom. The molecule has 2 unspecified atom stereocenters. The van der Waals surface area contributed by atoms with Crippen LogP contribution in [0.15, 0.2) is 0 Å². The molecule has 0 N–H and O–H groups in total. The third-order valence-electron chi connectivity index (χ3n) is 5.34. The Balaban J connectivity index is 0. The van der Waals surface area contributed by atoms with Crippen LogP contribution in [0.2, 0.25) is 26.2 Å². The molecule has 0 spiro atoms. The predicted molar refractivity (Wildman–Crippen MR) is 155 cm³/mol. The van der Waals surface area contributed by atoms with Crippen LogP contribution in [0.3, 0.4) is 0 Å². The average Bonchev–Trinajstić information content (AvgIpc) is 2.78. The van der Waals surface area contributed by atoms with E-state index in [2.05, 4.69) is 26.2 Å². The summed E-state index contributed by atoms with van der Waals surface area (Å²) >= 11 is 0. The molecule has 0 aromatic heterocycles. The first-order valence-corrected chi connectivity index (χ1v) is 25.6. The third kappa shape index (κ3) is 13.4. The fourth-order valence-electron chi connectivity index (χ4n) is 3.30. The Morgan fingerprint density at radius 1 is 0.711 bits per heavy atom. The van der Waals surface area contributed by atoms with Gasteiger partial charge in [0, 0.05) is 40.6 Å². The molecule has 10 nitrogen and oxygen atoms in total. The van der Waals surface area contributed by atoms with Crippen molar-refractivity contribution in [1.82, 2.24) is 0 Å². The molecule has 0 aromatic rings. The molecule has 0 amide bonds. The summed E-state index contributed by atoms with van der Waals surface area (Å²) in [4.78, 5) is 14.6. The van der Waals surface area contributed by atoms with Crippen molar-refractivity contribution in [2.75, 3.05) is 40.6 Å². The van der Waals surface area contributed by atoms with Gasteiger partial charge in [0.1, 0.15) is 0 Å². The van der Waals surface area contributed by atoms with Crippen molar-refractivity contribution < 1.29 is 74.4 Å². The summed E-state index contributed by atoms with van der Waals surface area (Å²) in [5, 5.41) is 0. The normalized spacial score (nSPS) is 17.7. The summed E-state index contributed by atoms with van der Waals surface area (Å²) in [5.41, 5.74) is -1.83. The van der Waals surface area contributed by atoms with Gasteiger partial charge < -0.3 is 44.9 Å². The van der Waals surface area contributed by atoms with Crippen LogP contribution in [0, 0.1) is 0 Å². The standard InChI is InChI=1S/C22H55O10PSi4.Na/c1-13-17-29-36(25-7,31-21(3,4)15-19-27-34(9)10)33(23,24)37(26-8,30-18-14-2)32-22(5,6)16-20-28-35(11)12;/h34-35H,13-20H2,1-12H3,(H,23,24);/q;+1/p-1. The summed E-state index contributed by atoms with van der Waals surface area (Å²) in [6.07, 6.45) is 2.08. The average molecular weight is 645 g/mol. The van der Waals surface area contributed by atoms with Crippen LogP contribution in [-0.2, 0) is 40.0 Å². The van der Waals surface area contributed by atoms with Crippen molar-refractivity contribution >= 4 is 41.5 Å². The van der Waals surface area contributed by atoms with Crippen LogP contribution in [0.5, 0.6) is 0 Å². The van der Waals surface area contributed by atoms with Gasteiger partial charge in [-0.3, -0.25) is 0 Å². The Morgan fingerprint density at radius 2 is 1.03 bits per heavy atom. The van der Waals surface area contributed by atoms with E-state index >= 15 is 0 Å². The number of hydrogen-bond acceptors (Lipinski definition) is 10. The summed E-state index contributed by atoms with van der Waals surface area (Å²) in [5.74, 6) is 0. The maximum absolute atomic E-state index is 14.6. The molecule has 0 rings (SSSR count). The van der Waals surface area contributed by atoms with Gasteiger partial charge in [-0.15, -0.1) is 0 Å². The molecule has 0 aliphatic rings. The molecule has 0 aromatic carbocycles. The second-order valence-corrected chi connectivity index (χ2v) is 28.8. The van der Waals surface area contributed by atoms with Gasteiger partial charge in [0.25, 0.3) is 0 Å². The zero-order valence-corrected chi connectivity index (χ0v) is 33.5. The molecule has 224 valence electrons. The molecule has 0 aliphatic heterocycles. The Bertz CT molecular complexity index is 641. The van der Waals surface area contributed by atoms with E-state index in [1.165, 1.54) is 14.2 Å². The molecule has 0 aliphatic carbocycles. The molecular formula is C22H54NaO10PSi4. The Labute approximate surface area is 259 Å². The summed E-state index contributed by atoms with van der Waals surface area (Å²) in [6.45, 7) is 15.6. The minimum absolute atomic E-state index is 0. The van der Waals surface area contributed by atoms with Crippen LogP contribution in [0.25, 0.3) is 0 Å². The van der Waals surface area contributed by atoms with Crippen molar-refractivity contribution in [1.29, 1.82) is 0 Å². The van der Waals surface area contributed by atoms with Crippen molar-refractivity contribution in [3.8, 4) is 0 Å². The summed E-state index contributed by atoms with van der Waals surface area (Å²) in [6, 6.07) is 0. The van der Waals surface area contributed by atoms with Crippen LogP contribution < -0.4 is 34.5 Å². The molecule has 0 heterocycles. The fourth-order valence-corrected chi connectivity index (χ4v) is 21.8. The third-order valence-corrected chi connectivity index (χ3v) is 24.0. The first-order valence-electron chi connectivity index (χ1n) is 13.3. The topological polar surface area (TPSA) is 114 Å². The number of rotatable bonds is 22. The van der Waals surface area contributed by atoms with E-state index in [-0.39, 0.29) is 42.8 Å². The molecule has 0 bridgehead atoms. The molecule has 0 saturated heterocycles. The van der Waals surface area contributed by atoms with Gasteiger partial charge in [-0.2, -0.15) is 0 Å². The molecule has 16 heteroatoms. The zero-order chi connectivity index (χ0) is 29.0. The number of hydrogen-bond donors (Lipinski definition) is 0. The summed E-state index contributed by atoms with van der Waals surface area (Å²) in [7, 11) is -8.81. The Kier molecular flexibility index (Phi) is 21.1. The van der Waals surface area contributed by atoms with E-state index in [1.54, 1.807) is 0 Å². The molecule has 2 atom stereocenters. The van der Waals surface area contributed by atoms with Gasteiger partial charge >= 0.3 is 46.5 Å². The quantitative estimate of drug-likeness (QED) is 0.125. The monoisotopic (exact) mass is 644 g/mol. The van der Waals surface area contributed by atoms with E-state index in [1.807, 2.05) is 41.5 Å².